The van der Waals surface area contributed by atoms with Crippen molar-refractivity contribution in [3.05, 3.63) is 60.8 Å². The number of allylic oxidation sites excluding steroid dienone is 9. The van der Waals surface area contributed by atoms with Gasteiger partial charge in [-0.05, 0) is 77.0 Å². The molecule has 8 nitrogen and oxygen atoms in total. The predicted octanol–water partition coefficient (Wildman–Crippen LogP) is 14.3. The van der Waals surface area contributed by atoms with E-state index >= 15 is 0 Å². The first kappa shape index (κ1) is 60.2. The van der Waals surface area contributed by atoms with Crippen molar-refractivity contribution in [3.63, 3.8) is 0 Å². The molecule has 0 rings (SSSR count). The molecule has 0 aromatic carbocycles. The minimum Gasteiger partial charge on any atom is -0.756 e. The van der Waals surface area contributed by atoms with Crippen LogP contribution in [-0.2, 0) is 18.4 Å². The summed E-state index contributed by atoms with van der Waals surface area (Å²) in [4.78, 5) is 25.4. The Bertz CT molecular complexity index is 1190. The van der Waals surface area contributed by atoms with Crippen molar-refractivity contribution >= 4 is 13.7 Å². The van der Waals surface area contributed by atoms with E-state index in [1.165, 1.54) is 148 Å². The molecular weight excluding hydrogens is 792 g/mol. The number of rotatable bonds is 46. The summed E-state index contributed by atoms with van der Waals surface area (Å²) in [5.41, 5.74) is 0. The summed E-state index contributed by atoms with van der Waals surface area (Å²) >= 11 is 0. The maximum absolute atomic E-state index is 12.9. The minimum atomic E-state index is -4.61. The largest absolute Gasteiger partial charge is 0.756 e. The van der Waals surface area contributed by atoms with Gasteiger partial charge in [0.05, 0.1) is 39.9 Å². The third-order valence-electron chi connectivity index (χ3n) is 11.2. The Kier molecular flexibility index (Phi) is 43.1. The molecule has 0 fully saturated rings. The molecule has 9 heteroatoms. The van der Waals surface area contributed by atoms with Gasteiger partial charge in [0.25, 0.3) is 7.82 Å². The highest BCUT2D eigenvalue weighted by atomic mass is 31.2. The van der Waals surface area contributed by atoms with Crippen molar-refractivity contribution in [3.8, 4) is 0 Å². The second-order valence-electron chi connectivity index (χ2n) is 18.5. The van der Waals surface area contributed by atoms with E-state index in [0.29, 0.717) is 17.4 Å². The maximum atomic E-state index is 12.9. The van der Waals surface area contributed by atoms with E-state index in [1.54, 1.807) is 6.08 Å². The van der Waals surface area contributed by atoms with Gasteiger partial charge in [-0.3, -0.25) is 9.36 Å². The molecule has 0 saturated heterocycles. The number of nitrogens with one attached hydrogen (secondary N) is 1. The summed E-state index contributed by atoms with van der Waals surface area (Å²) in [7, 11) is 1.23. The third-order valence-corrected chi connectivity index (χ3v) is 12.1. The van der Waals surface area contributed by atoms with E-state index in [4.69, 9.17) is 9.05 Å². The van der Waals surface area contributed by atoms with Gasteiger partial charge >= 0.3 is 0 Å². The van der Waals surface area contributed by atoms with Gasteiger partial charge < -0.3 is 28.8 Å². The Labute approximate surface area is 383 Å². The molecule has 0 aromatic rings. The van der Waals surface area contributed by atoms with Gasteiger partial charge in [0.2, 0.25) is 5.91 Å². The van der Waals surface area contributed by atoms with Crippen molar-refractivity contribution in [1.29, 1.82) is 0 Å². The predicted molar refractivity (Wildman–Crippen MR) is 265 cm³/mol. The summed E-state index contributed by atoms with van der Waals surface area (Å²) < 4.78 is 23.2. The van der Waals surface area contributed by atoms with E-state index in [2.05, 4.69) is 67.8 Å². The lowest BCUT2D eigenvalue weighted by Gasteiger charge is -2.29. The number of aliphatic hydroxyl groups is 1. The molecule has 0 spiro atoms. The Morgan fingerprint density at radius 3 is 1.40 bits per heavy atom. The lowest BCUT2D eigenvalue weighted by molar-refractivity contribution is -0.870. The third kappa shape index (κ3) is 46.2. The number of nitrogens with zero attached hydrogens (tertiary/aromatic N) is 1. The number of carbonyl (C=O) groups excluding carboxylic acids is 1. The maximum Gasteiger partial charge on any atom is 0.268 e. The van der Waals surface area contributed by atoms with E-state index in [9.17, 15) is 19.4 Å². The molecule has 0 radical (unpaired) electrons. The zero-order valence-corrected chi connectivity index (χ0v) is 42.0. The van der Waals surface area contributed by atoms with E-state index < -0.39 is 26.6 Å². The number of phosphoric acid groups is 1. The topological polar surface area (TPSA) is 108 Å². The number of likely N-dealkylation sites (N-methyl/N-ethyl adjacent to an activating group) is 1. The molecule has 362 valence electrons. The van der Waals surface area contributed by atoms with Crippen LogP contribution in [0.3, 0.4) is 0 Å². The molecule has 0 aliphatic heterocycles. The number of hydrogen-bond donors (Lipinski definition) is 2. The van der Waals surface area contributed by atoms with Crippen LogP contribution in [0.4, 0.5) is 0 Å². The van der Waals surface area contributed by atoms with Crippen LogP contribution in [0.1, 0.15) is 219 Å². The number of aliphatic hydroxyl groups excluding tert-OH is 1. The van der Waals surface area contributed by atoms with Gasteiger partial charge in [0.15, 0.2) is 0 Å². The quantitative estimate of drug-likeness (QED) is 0.0273. The van der Waals surface area contributed by atoms with Crippen molar-refractivity contribution in [2.24, 2.45) is 0 Å². The molecule has 0 bridgehead atoms. The van der Waals surface area contributed by atoms with E-state index in [1.807, 2.05) is 27.2 Å². The van der Waals surface area contributed by atoms with Gasteiger partial charge in [0.1, 0.15) is 13.2 Å². The van der Waals surface area contributed by atoms with Gasteiger partial charge in [0, 0.05) is 6.42 Å². The summed E-state index contributed by atoms with van der Waals surface area (Å²) in [6, 6.07) is -0.913. The van der Waals surface area contributed by atoms with Crippen molar-refractivity contribution in [2.75, 3.05) is 40.9 Å². The molecule has 1 amide bonds. The van der Waals surface area contributed by atoms with E-state index in [0.717, 1.165) is 51.4 Å². The average Bonchev–Trinajstić information content (AvgIpc) is 3.23. The van der Waals surface area contributed by atoms with Crippen LogP contribution >= 0.6 is 7.82 Å². The number of amides is 1. The van der Waals surface area contributed by atoms with Gasteiger partial charge in [-0.2, -0.15) is 0 Å². The standard InChI is InChI=1S/C53H99N2O6P/c1-6-8-10-12-14-16-18-20-22-23-24-25-26-27-28-29-30-31-33-35-37-39-41-43-45-47-53(57)54-51(50-61-62(58,59)60-49-48-55(3,4)5)52(56)46-44-42-40-38-36-34-32-21-19-17-15-13-11-9-7-2/h19,21,24-25,27-28,36,38,44,46,51-52,56H,6-18,20,22-23,26,29-35,37,39-43,45,47-50H2,1-5H3,(H-,54,57,58,59)/b21-19+,25-24-,28-27-,38-36+,46-44+. The molecule has 0 heterocycles. The normalized spacial score (nSPS) is 14.6. The lowest BCUT2D eigenvalue weighted by atomic mass is 10.1. The Morgan fingerprint density at radius 2 is 0.952 bits per heavy atom. The Morgan fingerprint density at radius 1 is 0.565 bits per heavy atom. The molecule has 62 heavy (non-hydrogen) atoms. The van der Waals surface area contributed by atoms with Crippen LogP contribution in [0.2, 0.25) is 0 Å². The highest BCUT2D eigenvalue weighted by Crippen LogP contribution is 2.38. The van der Waals surface area contributed by atoms with Crippen LogP contribution in [0.5, 0.6) is 0 Å². The van der Waals surface area contributed by atoms with Crippen LogP contribution in [0.25, 0.3) is 0 Å². The molecule has 3 unspecified atom stereocenters. The lowest BCUT2D eigenvalue weighted by Crippen LogP contribution is -2.45. The number of unbranched alkanes of at least 4 members (excludes halogenated alkanes) is 25. The molecule has 2 N–H and O–H groups in total. The van der Waals surface area contributed by atoms with Crippen LogP contribution in [0, 0.1) is 0 Å². The van der Waals surface area contributed by atoms with Crippen molar-refractivity contribution in [2.45, 2.75) is 231 Å². The van der Waals surface area contributed by atoms with Crippen LogP contribution < -0.4 is 10.2 Å². The number of quaternary nitrogens is 1. The summed E-state index contributed by atoms with van der Waals surface area (Å²) in [5.74, 6) is -0.217. The first-order valence-corrected chi connectivity index (χ1v) is 27.1. The second kappa shape index (κ2) is 44.4. The fourth-order valence-electron chi connectivity index (χ4n) is 7.10. The highest BCUT2D eigenvalue weighted by Gasteiger charge is 2.23. The zero-order chi connectivity index (χ0) is 45.7. The number of phosphoric ester groups is 1. The first-order chi connectivity index (χ1) is 30.0. The van der Waals surface area contributed by atoms with Crippen LogP contribution in [0.15, 0.2) is 60.8 Å². The smallest absolute Gasteiger partial charge is 0.268 e. The van der Waals surface area contributed by atoms with E-state index in [-0.39, 0.29) is 12.5 Å². The highest BCUT2D eigenvalue weighted by molar-refractivity contribution is 7.45. The van der Waals surface area contributed by atoms with Gasteiger partial charge in [-0.15, -0.1) is 0 Å². The zero-order valence-electron chi connectivity index (χ0n) is 41.1. The fraction of sp³-hybridized carbons (Fsp3) is 0.792. The Hall–Kier alpha value is -1.80. The molecule has 3 atom stereocenters. The summed E-state index contributed by atoms with van der Waals surface area (Å²) in [5, 5.41) is 13.8. The van der Waals surface area contributed by atoms with Crippen molar-refractivity contribution < 1.29 is 32.9 Å². The van der Waals surface area contributed by atoms with Crippen LogP contribution in [-0.4, -0.2) is 68.5 Å². The van der Waals surface area contributed by atoms with Crippen molar-refractivity contribution in [1.82, 2.24) is 5.32 Å². The molecule has 0 saturated carbocycles. The summed E-state index contributed by atoms with van der Waals surface area (Å²) in [6.07, 6.45) is 58.5. The Balaban J connectivity index is 4.31. The number of hydrogen-bond acceptors (Lipinski definition) is 6. The first-order valence-electron chi connectivity index (χ1n) is 25.7. The molecular formula is C53H99N2O6P. The molecule has 0 aliphatic carbocycles. The minimum absolute atomic E-state index is 0.0119. The SMILES string of the molecule is CCCCCCC/C=C/CC/C=C/CC/C=C/C(O)C(COP(=O)([O-])OCC[N+](C)(C)C)NC(=O)CCCCCCCCCCC/C=C\C/C=C\CCCCCCCCCCC. The van der Waals surface area contributed by atoms with Gasteiger partial charge in [-0.25, -0.2) is 0 Å². The molecule has 0 aromatic heterocycles. The summed E-state index contributed by atoms with van der Waals surface area (Å²) in [6.45, 7) is 4.60. The monoisotopic (exact) mass is 891 g/mol. The molecule has 0 aliphatic rings. The average molecular weight is 891 g/mol. The van der Waals surface area contributed by atoms with Gasteiger partial charge in [-0.1, -0.05) is 197 Å². The number of carbonyl (C=O) groups is 1. The fourth-order valence-corrected chi connectivity index (χ4v) is 7.82. The second-order valence-corrected chi connectivity index (χ2v) is 19.9.